The van der Waals surface area contributed by atoms with Gasteiger partial charge in [-0.2, -0.15) is 5.26 Å². The average molecular weight is 371 g/mol. The Kier molecular flexibility index (Phi) is 4.60. The molecule has 138 valence electrons. The number of carbonyl (C=O) groups is 2. The van der Waals surface area contributed by atoms with Gasteiger partial charge in [0.15, 0.2) is 0 Å². The van der Waals surface area contributed by atoms with Crippen molar-refractivity contribution in [2.45, 2.75) is 12.5 Å². The van der Waals surface area contributed by atoms with Gasteiger partial charge >= 0.3 is 6.03 Å². The predicted octanol–water partition coefficient (Wildman–Crippen LogP) is 3.03. The maximum absolute atomic E-state index is 12.6. The second-order valence-corrected chi connectivity index (χ2v) is 6.51. The summed E-state index contributed by atoms with van der Waals surface area (Å²) in [5, 5.41) is 15.6. The summed E-state index contributed by atoms with van der Waals surface area (Å²) in [6.45, 7) is 0.363. The van der Waals surface area contributed by atoms with Crippen molar-refractivity contribution in [3.8, 4) is 6.07 Å². The third-order valence-corrected chi connectivity index (χ3v) is 4.66. The van der Waals surface area contributed by atoms with Gasteiger partial charge in [0.25, 0.3) is 0 Å². The number of benzene rings is 2. The van der Waals surface area contributed by atoms with Gasteiger partial charge in [0.05, 0.1) is 28.5 Å². The molecule has 0 bridgehead atoms. The zero-order chi connectivity index (χ0) is 19.5. The second-order valence-electron chi connectivity index (χ2n) is 6.51. The van der Waals surface area contributed by atoms with Crippen molar-refractivity contribution >= 4 is 34.2 Å². The van der Waals surface area contributed by atoms with Gasteiger partial charge in [-0.05, 0) is 24.3 Å². The number of carbonyl (C=O) groups excluding carboxylic acids is 2. The first kappa shape index (κ1) is 17.5. The summed E-state index contributed by atoms with van der Waals surface area (Å²) in [6.07, 6.45) is 1.90. The minimum absolute atomic E-state index is 0.0686. The average Bonchev–Trinajstić information content (AvgIpc) is 3.07. The van der Waals surface area contributed by atoms with Crippen molar-refractivity contribution in [3.05, 3.63) is 66.4 Å². The molecule has 2 N–H and O–H groups in total. The third kappa shape index (κ3) is 3.35. The van der Waals surface area contributed by atoms with Crippen molar-refractivity contribution in [3.63, 3.8) is 0 Å². The van der Waals surface area contributed by atoms with Crippen LogP contribution in [0, 0.1) is 11.3 Å². The van der Waals surface area contributed by atoms with Crippen LogP contribution >= 0.6 is 0 Å². The molecule has 1 fully saturated rings. The van der Waals surface area contributed by atoms with Crippen molar-refractivity contribution < 1.29 is 9.59 Å². The molecule has 0 radical (unpaired) electrons. The number of nitriles is 1. The predicted molar refractivity (Wildman–Crippen MR) is 106 cm³/mol. The quantitative estimate of drug-likeness (QED) is 0.739. The Balaban J connectivity index is 1.48. The molecule has 0 saturated carbocycles. The molecule has 0 spiro atoms. The topological polar surface area (TPSA) is 98.1 Å². The first-order valence-electron chi connectivity index (χ1n) is 8.86. The molecular weight excluding hydrogens is 354 g/mol. The van der Waals surface area contributed by atoms with Crippen molar-refractivity contribution in [2.24, 2.45) is 0 Å². The molecule has 3 aromatic rings. The summed E-state index contributed by atoms with van der Waals surface area (Å²) in [6, 6.07) is 17.5. The van der Waals surface area contributed by atoms with Gasteiger partial charge in [0.2, 0.25) is 5.91 Å². The fraction of sp³-hybridized carbons (Fsp3) is 0.143. The lowest BCUT2D eigenvalue weighted by atomic mass is 10.2. The Hall–Kier alpha value is -3.92. The summed E-state index contributed by atoms with van der Waals surface area (Å²) in [4.78, 5) is 30.9. The fourth-order valence-corrected chi connectivity index (χ4v) is 3.38. The maximum Gasteiger partial charge on any atom is 0.319 e. The molecule has 7 heteroatoms. The van der Waals surface area contributed by atoms with E-state index in [-0.39, 0.29) is 18.4 Å². The maximum atomic E-state index is 12.6. The van der Waals surface area contributed by atoms with E-state index in [9.17, 15) is 9.59 Å². The van der Waals surface area contributed by atoms with E-state index >= 15 is 0 Å². The molecule has 7 nitrogen and oxygen atoms in total. The summed E-state index contributed by atoms with van der Waals surface area (Å²) >= 11 is 0. The summed E-state index contributed by atoms with van der Waals surface area (Å²) in [7, 11) is 0. The highest BCUT2D eigenvalue weighted by Gasteiger charge is 2.32. The lowest BCUT2D eigenvalue weighted by Crippen LogP contribution is -2.39. The Bertz CT molecular complexity index is 1100. The van der Waals surface area contributed by atoms with Gasteiger partial charge in [-0.15, -0.1) is 0 Å². The smallest absolute Gasteiger partial charge is 0.319 e. The van der Waals surface area contributed by atoms with E-state index in [4.69, 9.17) is 5.26 Å². The van der Waals surface area contributed by atoms with Gasteiger partial charge in [-0.1, -0.05) is 30.3 Å². The van der Waals surface area contributed by atoms with Gasteiger partial charge in [-0.3, -0.25) is 9.78 Å². The van der Waals surface area contributed by atoms with E-state index in [0.29, 0.717) is 17.8 Å². The fourth-order valence-electron chi connectivity index (χ4n) is 3.38. The van der Waals surface area contributed by atoms with Crippen molar-refractivity contribution in [1.82, 2.24) is 10.3 Å². The number of aromatic nitrogens is 1. The Morgan fingerprint density at radius 2 is 1.96 bits per heavy atom. The molecule has 1 unspecified atom stereocenters. The van der Waals surface area contributed by atoms with E-state index in [2.05, 4.69) is 15.6 Å². The van der Waals surface area contributed by atoms with E-state index < -0.39 is 6.03 Å². The molecule has 1 saturated heterocycles. The molecule has 2 aromatic carbocycles. The molecule has 3 amide bonds. The molecule has 1 aliphatic rings. The number of nitrogens with one attached hydrogen (secondary N) is 2. The number of hydrogen-bond donors (Lipinski definition) is 2. The minimum Gasteiger partial charge on any atom is -0.333 e. The standard InChI is InChI=1S/C21H17N5O2/c22-12-15-5-1-2-8-17(15)25-21(28)24-16-11-19(27)26(13-16)18-9-3-6-14-7-4-10-23-20(14)18/h1-10,16H,11,13H2,(H2,24,25,28). The largest absolute Gasteiger partial charge is 0.333 e. The SMILES string of the molecule is N#Cc1ccccc1NC(=O)NC1CC(=O)N(c2cccc3cccnc23)C1. The van der Waals surface area contributed by atoms with Crippen LogP contribution in [0.5, 0.6) is 0 Å². The van der Waals surface area contributed by atoms with Crippen molar-refractivity contribution in [2.75, 3.05) is 16.8 Å². The highest BCUT2D eigenvalue weighted by molar-refractivity contribution is 6.04. The zero-order valence-electron chi connectivity index (χ0n) is 14.9. The third-order valence-electron chi connectivity index (χ3n) is 4.66. The first-order chi connectivity index (χ1) is 13.7. The number of rotatable bonds is 3. The number of fused-ring (bicyclic) bond motifs is 1. The second kappa shape index (κ2) is 7.37. The molecular formula is C21H17N5O2. The van der Waals surface area contributed by atoms with E-state index in [0.717, 1.165) is 16.6 Å². The Morgan fingerprint density at radius 3 is 2.82 bits per heavy atom. The van der Waals surface area contributed by atoms with Crippen LogP contribution in [-0.4, -0.2) is 29.5 Å². The summed E-state index contributed by atoms with van der Waals surface area (Å²) in [5.74, 6) is -0.0686. The summed E-state index contributed by atoms with van der Waals surface area (Å²) in [5.41, 5.74) is 2.31. The van der Waals surface area contributed by atoms with E-state index in [1.165, 1.54) is 0 Å². The Morgan fingerprint density at radius 1 is 1.14 bits per heavy atom. The molecule has 1 aliphatic heterocycles. The Labute approximate surface area is 161 Å². The first-order valence-corrected chi connectivity index (χ1v) is 8.86. The molecule has 1 aromatic heterocycles. The highest BCUT2D eigenvalue weighted by atomic mass is 16.2. The van der Waals surface area contributed by atoms with Gasteiger partial charge in [0, 0.05) is 24.5 Å². The normalized spacial score (nSPS) is 16.0. The lowest BCUT2D eigenvalue weighted by Gasteiger charge is -2.19. The number of urea groups is 1. The minimum atomic E-state index is -0.446. The van der Waals surface area contributed by atoms with E-state index in [1.54, 1.807) is 35.4 Å². The van der Waals surface area contributed by atoms with Gasteiger partial charge in [-0.25, -0.2) is 4.79 Å². The molecule has 28 heavy (non-hydrogen) atoms. The number of nitrogens with zero attached hydrogens (tertiary/aromatic N) is 3. The number of para-hydroxylation sites is 2. The molecule has 0 aliphatic carbocycles. The van der Waals surface area contributed by atoms with Crippen LogP contribution < -0.4 is 15.5 Å². The van der Waals surface area contributed by atoms with Gasteiger partial charge in [0.1, 0.15) is 6.07 Å². The molecule has 2 heterocycles. The lowest BCUT2D eigenvalue weighted by molar-refractivity contribution is -0.117. The number of hydrogen-bond acceptors (Lipinski definition) is 4. The van der Waals surface area contributed by atoms with E-state index in [1.807, 2.05) is 36.4 Å². The van der Waals surface area contributed by atoms with Crippen LogP contribution in [0.1, 0.15) is 12.0 Å². The number of anilines is 2. The highest BCUT2D eigenvalue weighted by Crippen LogP contribution is 2.28. The van der Waals surface area contributed by atoms with Crippen molar-refractivity contribution in [1.29, 1.82) is 5.26 Å². The number of amides is 3. The van der Waals surface area contributed by atoms with Crippen LogP contribution in [-0.2, 0) is 4.79 Å². The molecule has 4 rings (SSSR count). The van der Waals surface area contributed by atoms with Crippen LogP contribution in [0.2, 0.25) is 0 Å². The van der Waals surface area contributed by atoms with Gasteiger partial charge < -0.3 is 15.5 Å². The van der Waals surface area contributed by atoms with Crippen LogP contribution in [0.4, 0.5) is 16.2 Å². The number of pyridine rings is 1. The van der Waals surface area contributed by atoms with Crippen LogP contribution in [0.3, 0.4) is 0 Å². The van der Waals surface area contributed by atoms with Crippen LogP contribution in [0.15, 0.2) is 60.8 Å². The summed E-state index contributed by atoms with van der Waals surface area (Å²) < 4.78 is 0. The molecule has 1 atom stereocenters. The van der Waals surface area contributed by atoms with Crippen LogP contribution in [0.25, 0.3) is 10.9 Å². The monoisotopic (exact) mass is 371 g/mol. The zero-order valence-corrected chi connectivity index (χ0v) is 14.9.